The first-order chi connectivity index (χ1) is 8.00. The van der Waals surface area contributed by atoms with Crippen molar-refractivity contribution in [3.8, 4) is 0 Å². The molecule has 88 valence electrons. The van der Waals surface area contributed by atoms with Crippen LogP contribution in [0.2, 0.25) is 0 Å². The SMILES string of the molecule is Cc1ccc(C)c2c(=O)n(CC(=O)O)ccc12. The molecule has 0 saturated heterocycles. The summed E-state index contributed by atoms with van der Waals surface area (Å²) >= 11 is 0. The van der Waals surface area contributed by atoms with E-state index in [1.165, 1.54) is 10.8 Å². The first-order valence-corrected chi connectivity index (χ1v) is 5.32. The second kappa shape index (κ2) is 4.05. The Hall–Kier alpha value is -2.10. The topological polar surface area (TPSA) is 59.3 Å². The number of nitrogens with zero attached hydrogens (tertiary/aromatic N) is 1. The molecule has 0 aliphatic heterocycles. The lowest BCUT2D eigenvalue weighted by molar-refractivity contribution is -0.137. The van der Waals surface area contributed by atoms with E-state index in [1.807, 2.05) is 26.0 Å². The van der Waals surface area contributed by atoms with Crippen molar-refractivity contribution in [1.29, 1.82) is 0 Å². The van der Waals surface area contributed by atoms with E-state index in [0.29, 0.717) is 5.39 Å². The predicted octanol–water partition coefficient (Wildman–Crippen LogP) is 1.70. The lowest BCUT2D eigenvalue weighted by Gasteiger charge is -2.08. The minimum atomic E-state index is -1.02. The molecule has 1 heterocycles. The van der Waals surface area contributed by atoms with E-state index in [4.69, 9.17) is 5.11 Å². The maximum absolute atomic E-state index is 12.1. The van der Waals surface area contributed by atoms with Crippen molar-refractivity contribution in [1.82, 2.24) is 4.57 Å². The third kappa shape index (κ3) is 1.93. The first kappa shape index (κ1) is 11.4. The maximum atomic E-state index is 12.1. The van der Waals surface area contributed by atoms with Crippen molar-refractivity contribution in [3.63, 3.8) is 0 Å². The van der Waals surface area contributed by atoms with Gasteiger partial charge in [-0.05, 0) is 36.4 Å². The van der Waals surface area contributed by atoms with Gasteiger partial charge in [-0.1, -0.05) is 12.1 Å². The maximum Gasteiger partial charge on any atom is 0.323 e. The van der Waals surface area contributed by atoms with Crippen molar-refractivity contribution in [2.24, 2.45) is 0 Å². The molecule has 1 aromatic carbocycles. The Morgan fingerprint density at radius 1 is 1.24 bits per heavy atom. The largest absolute Gasteiger partial charge is 0.480 e. The lowest BCUT2D eigenvalue weighted by atomic mass is 10.0. The molecule has 0 amide bonds. The molecule has 4 nitrogen and oxygen atoms in total. The number of fused-ring (bicyclic) bond motifs is 1. The molecule has 0 bridgehead atoms. The summed E-state index contributed by atoms with van der Waals surface area (Å²) < 4.78 is 1.22. The van der Waals surface area contributed by atoms with Gasteiger partial charge >= 0.3 is 5.97 Å². The average molecular weight is 231 g/mol. The number of hydrogen-bond acceptors (Lipinski definition) is 2. The van der Waals surface area contributed by atoms with E-state index in [1.54, 1.807) is 6.07 Å². The van der Waals surface area contributed by atoms with Crippen LogP contribution in [0, 0.1) is 13.8 Å². The number of carboxylic acid groups (broad SMARTS) is 1. The fourth-order valence-corrected chi connectivity index (χ4v) is 1.98. The summed E-state index contributed by atoms with van der Waals surface area (Å²) in [5, 5.41) is 10.2. The van der Waals surface area contributed by atoms with E-state index >= 15 is 0 Å². The third-order valence-corrected chi connectivity index (χ3v) is 2.87. The Morgan fingerprint density at radius 3 is 2.53 bits per heavy atom. The molecule has 0 unspecified atom stereocenters. The first-order valence-electron chi connectivity index (χ1n) is 5.32. The fourth-order valence-electron chi connectivity index (χ4n) is 1.98. The Kier molecular flexibility index (Phi) is 2.71. The predicted molar refractivity (Wildman–Crippen MR) is 65.3 cm³/mol. The highest BCUT2D eigenvalue weighted by atomic mass is 16.4. The molecule has 0 fully saturated rings. The van der Waals surface area contributed by atoms with Gasteiger partial charge in [0, 0.05) is 6.20 Å². The summed E-state index contributed by atoms with van der Waals surface area (Å²) in [4.78, 5) is 22.8. The quantitative estimate of drug-likeness (QED) is 0.855. The van der Waals surface area contributed by atoms with Gasteiger partial charge in [0.05, 0.1) is 5.39 Å². The van der Waals surface area contributed by atoms with Gasteiger partial charge in [0.15, 0.2) is 0 Å². The summed E-state index contributed by atoms with van der Waals surface area (Å²) in [7, 11) is 0. The summed E-state index contributed by atoms with van der Waals surface area (Å²) in [5.41, 5.74) is 1.65. The zero-order valence-electron chi connectivity index (χ0n) is 9.73. The summed E-state index contributed by atoms with van der Waals surface area (Å²) in [6.45, 7) is 3.49. The van der Waals surface area contributed by atoms with Gasteiger partial charge in [-0.2, -0.15) is 0 Å². The van der Waals surface area contributed by atoms with Gasteiger partial charge in [-0.15, -0.1) is 0 Å². The van der Waals surface area contributed by atoms with Crippen LogP contribution in [0.25, 0.3) is 10.8 Å². The Labute approximate surface area is 98.1 Å². The Balaban J connectivity index is 2.80. The number of benzene rings is 1. The number of carbonyl (C=O) groups is 1. The number of aryl methyl sites for hydroxylation is 2. The number of hydrogen-bond donors (Lipinski definition) is 1. The van der Waals surface area contributed by atoms with Crippen molar-refractivity contribution in [2.75, 3.05) is 0 Å². The van der Waals surface area contributed by atoms with Crippen molar-refractivity contribution in [3.05, 3.63) is 45.9 Å². The molecule has 0 aliphatic rings. The summed E-state index contributed by atoms with van der Waals surface area (Å²) in [5.74, 6) is -1.02. The molecule has 0 aliphatic carbocycles. The van der Waals surface area contributed by atoms with Crippen molar-refractivity contribution < 1.29 is 9.90 Å². The van der Waals surface area contributed by atoms with Crippen LogP contribution in [-0.4, -0.2) is 15.6 Å². The number of aliphatic carboxylic acids is 1. The molecule has 4 heteroatoms. The molecular weight excluding hydrogens is 218 g/mol. The molecular formula is C13H13NO3. The molecule has 0 atom stereocenters. The number of pyridine rings is 1. The monoisotopic (exact) mass is 231 g/mol. The fraction of sp³-hybridized carbons (Fsp3) is 0.231. The van der Waals surface area contributed by atoms with Crippen LogP contribution < -0.4 is 5.56 Å². The number of aromatic nitrogens is 1. The molecule has 1 N–H and O–H groups in total. The molecule has 1 aromatic heterocycles. The minimum absolute atomic E-state index is 0.244. The zero-order chi connectivity index (χ0) is 12.6. The highest BCUT2D eigenvalue weighted by Gasteiger charge is 2.09. The second-order valence-corrected chi connectivity index (χ2v) is 4.13. The van der Waals surface area contributed by atoms with Crippen LogP contribution in [0.1, 0.15) is 11.1 Å². The lowest BCUT2D eigenvalue weighted by Crippen LogP contribution is -2.24. The van der Waals surface area contributed by atoms with Gasteiger partial charge in [-0.3, -0.25) is 9.59 Å². The minimum Gasteiger partial charge on any atom is -0.480 e. The van der Waals surface area contributed by atoms with Gasteiger partial charge in [0.25, 0.3) is 5.56 Å². The third-order valence-electron chi connectivity index (χ3n) is 2.87. The Morgan fingerprint density at radius 2 is 1.88 bits per heavy atom. The van der Waals surface area contributed by atoms with E-state index in [0.717, 1.165) is 16.5 Å². The Bertz CT molecular complexity index is 655. The number of rotatable bonds is 2. The number of carboxylic acids is 1. The molecule has 0 radical (unpaired) electrons. The molecule has 0 saturated carbocycles. The van der Waals surface area contributed by atoms with Crippen LogP contribution in [0.4, 0.5) is 0 Å². The van der Waals surface area contributed by atoms with Crippen molar-refractivity contribution in [2.45, 2.75) is 20.4 Å². The van der Waals surface area contributed by atoms with Crippen molar-refractivity contribution >= 4 is 16.7 Å². The normalized spacial score (nSPS) is 10.7. The molecule has 2 rings (SSSR count). The van der Waals surface area contributed by atoms with Crippen LogP contribution in [0.5, 0.6) is 0 Å². The molecule has 17 heavy (non-hydrogen) atoms. The molecule has 2 aromatic rings. The summed E-state index contributed by atoms with van der Waals surface area (Å²) in [6.07, 6.45) is 1.53. The van der Waals surface area contributed by atoms with E-state index in [2.05, 4.69) is 0 Å². The van der Waals surface area contributed by atoms with Gasteiger partial charge in [0.1, 0.15) is 6.54 Å². The van der Waals surface area contributed by atoms with Crippen LogP contribution in [0.15, 0.2) is 29.2 Å². The molecule has 0 spiro atoms. The van der Waals surface area contributed by atoms with E-state index in [-0.39, 0.29) is 12.1 Å². The van der Waals surface area contributed by atoms with Crippen LogP contribution >= 0.6 is 0 Å². The van der Waals surface area contributed by atoms with Gasteiger partial charge in [0.2, 0.25) is 0 Å². The van der Waals surface area contributed by atoms with Crippen LogP contribution in [-0.2, 0) is 11.3 Å². The second-order valence-electron chi connectivity index (χ2n) is 4.13. The van der Waals surface area contributed by atoms with Gasteiger partial charge in [-0.25, -0.2) is 0 Å². The summed E-state index contributed by atoms with van der Waals surface area (Å²) in [6, 6.07) is 5.63. The smallest absolute Gasteiger partial charge is 0.323 e. The van der Waals surface area contributed by atoms with E-state index < -0.39 is 5.97 Å². The zero-order valence-corrected chi connectivity index (χ0v) is 9.73. The standard InChI is InChI=1S/C13H13NO3/c1-8-3-4-9(2)12-10(8)5-6-14(13(12)17)7-11(15)16/h3-6H,7H2,1-2H3,(H,15,16). The van der Waals surface area contributed by atoms with Gasteiger partial charge < -0.3 is 9.67 Å². The highest BCUT2D eigenvalue weighted by molar-refractivity contribution is 5.87. The van der Waals surface area contributed by atoms with E-state index in [9.17, 15) is 9.59 Å². The van der Waals surface area contributed by atoms with Crippen LogP contribution in [0.3, 0.4) is 0 Å². The average Bonchev–Trinajstić information content (AvgIpc) is 2.26. The highest BCUT2D eigenvalue weighted by Crippen LogP contribution is 2.18.